The number of nitrogens with one attached hydrogen (secondary N) is 1. The van der Waals surface area contributed by atoms with E-state index in [-0.39, 0.29) is 11.7 Å². The number of amides is 1. The molecular weight excluding hydrogens is 336 g/mol. The van der Waals surface area contributed by atoms with Gasteiger partial charge in [-0.2, -0.15) is 0 Å². The average molecular weight is 356 g/mol. The average Bonchev–Trinajstić information content (AvgIpc) is 2.73. The lowest BCUT2D eigenvalue weighted by Crippen LogP contribution is -2.42. The van der Waals surface area contributed by atoms with E-state index in [9.17, 15) is 9.59 Å². The van der Waals surface area contributed by atoms with Crippen LogP contribution in [-0.4, -0.2) is 11.7 Å². The van der Waals surface area contributed by atoms with Crippen LogP contribution in [0.3, 0.4) is 0 Å². The number of rotatable bonds is 6. The molecule has 0 fully saturated rings. The van der Waals surface area contributed by atoms with E-state index in [1.165, 1.54) is 11.1 Å². The second kappa shape index (κ2) is 8.63. The maximum atomic E-state index is 13.0. The third-order valence-electron chi connectivity index (χ3n) is 3.93. The van der Waals surface area contributed by atoms with Crippen LogP contribution in [0.1, 0.15) is 27.6 Å². The molecule has 0 atom stereocenters. The zero-order valence-corrected chi connectivity index (χ0v) is 15.0. The van der Waals surface area contributed by atoms with E-state index in [1.807, 2.05) is 66.7 Å². The maximum absolute atomic E-state index is 13.0. The van der Waals surface area contributed by atoms with E-state index < -0.39 is 0 Å². The molecule has 0 aliphatic rings. The number of hydrogen-bond acceptors (Lipinski definition) is 3. The lowest BCUT2D eigenvalue weighted by molar-refractivity contribution is 0.0974. The monoisotopic (exact) mass is 356 g/mol. The van der Waals surface area contributed by atoms with Gasteiger partial charge in [-0.15, -0.1) is 0 Å². The van der Waals surface area contributed by atoms with Gasteiger partial charge in [-0.05, 0) is 31.2 Å². The van der Waals surface area contributed by atoms with Gasteiger partial charge in [0.05, 0.1) is 5.69 Å². The molecule has 3 rings (SSSR count). The fourth-order valence-corrected chi connectivity index (χ4v) is 2.61. The molecule has 0 saturated heterocycles. The third-order valence-corrected chi connectivity index (χ3v) is 3.93. The normalized spacial score (nSPS) is 10.9. The number of nitrogens with zero attached hydrogens (tertiary/aromatic N) is 1. The Balaban J connectivity index is 1.86. The molecule has 3 aromatic rings. The fourth-order valence-electron chi connectivity index (χ4n) is 2.61. The first-order valence-corrected chi connectivity index (χ1v) is 8.64. The van der Waals surface area contributed by atoms with E-state index in [1.54, 1.807) is 31.2 Å². The largest absolute Gasteiger partial charge is 0.295 e. The molecule has 0 unspecified atom stereocenters. The van der Waals surface area contributed by atoms with Crippen LogP contribution in [-0.2, 0) is 0 Å². The van der Waals surface area contributed by atoms with Crippen molar-refractivity contribution in [3.8, 4) is 0 Å². The Morgan fingerprint density at radius 2 is 1.22 bits per heavy atom. The van der Waals surface area contributed by atoms with E-state index in [4.69, 9.17) is 0 Å². The first-order valence-electron chi connectivity index (χ1n) is 8.64. The Labute approximate surface area is 158 Å². The molecule has 0 aliphatic carbocycles. The van der Waals surface area contributed by atoms with Crippen LogP contribution in [0.2, 0.25) is 0 Å². The minimum absolute atomic E-state index is 0.124. The van der Waals surface area contributed by atoms with E-state index in [0.29, 0.717) is 22.5 Å². The number of benzene rings is 3. The highest BCUT2D eigenvalue weighted by atomic mass is 16.2. The number of ketones is 1. The minimum Gasteiger partial charge on any atom is -0.295 e. The summed E-state index contributed by atoms with van der Waals surface area (Å²) in [5.41, 5.74) is 5.46. The molecule has 0 spiro atoms. The zero-order valence-electron chi connectivity index (χ0n) is 15.0. The number of hydrazine groups is 1. The zero-order chi connectivity index (χ0) is 19.1. The van der Waals surface area contributed by atoms with Crippen LogP contribution in [0.15, 0.2) is 103 Å². The first-order chi connectivity index (χ1) is 13.1. The molecule has 0 radical (unpaired) electrons. The van der Waals surface area contributed by atoms with Crippen molar-refractivity contribution >= 4 is 17.4 Å². The van der Waals surface area contributed by atoms with Gasteiger partial charge >= 0.3 is 0 Å². The van der Waals surface area contributed by atoms with E-state index >= 15 is 0 Å². The summed E-state index contributed by atoms with van der Waals surface area (Å²) in [7, 11) is 0. The SMILES string of the molecule is C/C(=C\C(=O)c1ccccc1)NN(C(=O)c1ccccc1)c1ccccc1. The fraction of sp³-hybridized carbons (Fsp3) is 0.0435. The van der Waals surface area contributed by atoms with Gasteiger partial charge in [-0.1, -0.05) is 66.7 Å². The summed E-state index contributed by atoms with van der Waals surface area (Å²) in [5.74, 6) is -0.331. The van der Waals surface area contributed by atoms with Crippen LogP contribution < -0.4 is 10.4 Å². The summed E-state index contributed by atoms with van der Waals surface area (Å²) in [4.78, 5) is 25.4. The number of allylic oxidation sites excluding steroid dienone is 2. The Morgan fingerprint density at radius 1 is 0.741 bits per heavy atom. The second-order valence-electron chi connectivity index (χ2n) is 6.01. The molecule has 0 aliphatic heterocycles. The predicted molar refractivity (Wildman–Crippen MR) is 107 cm³/mol. The highest BCUT2D eigenvalue weighted by molar-refractivity contribution is 6.06. The molecule has 3 aromatic carbocycles. The summed E-state index contributed by atoms with van der Waals surface area (Å²) in [6.07, 6.45) is 1.49. The van der Waals surface area contributed by atoms with E-state index in [0.717, 1.165) is 0 Å². The summed E-state index contributed by atoms with van der Waals surface area (Å²) >= 11 is 0. The maximum Gasteiger partial charge on any atom is 0.276 e. The van der Waals surface area contributed by atoms with Gasteiger partial charge in [0.1, 0.15) is 0 Å². The molecule has 27 heavy (non-hydrogen) atoms. The quantitative estimate of drug-likeness (QED) is 0.398. The Kier molecular flexibility index (Phi) is 5.80. The second-order valence-corrected chi connectivity index (χ2v) is 6.01. The van der Waals surface area contributed by atoms with Crippen LogP contribution in [0.5, 0.6) is 0 Å². The molecule has 0 heterocycles. The molecule has 0 bridgehead atoms. The third kappa shape index (κ3) is 4.70. The Morgan fingerprint density at radius 3 is 1.78 bits per heavy atom. The van der Waals surface area contributed by atoms with Crippen molar-refractivity contribution < 1.29 is 9.59 Å². The predicted octanol–water partition coefficient (Wildman–Crippen LogP) is 4.62. The lowest BCUT2D eigenvalue weighted by Gasteiger charge is -2.25. The molecule has 1 amide bonds. The molecule has 4 heteroatoms. The van der Waals surface area contributed by atoms with Crippen molar-refractivity contribution in [3.05, 3.63) is 114 Å². The molecular formula is C23H20N2O2. The van der Waals surface area contributed by atoms with Crippen molar-refractivity contribution in [1.82, 2.24) is 5.43 Å². The van der Waals surface area contributed by atoms with Crippen molar-refractivity contribution in [1.29, 1.82) is 0 Å². The van der Waals surface area contributed by atoms with Crippen molar-refractivity contribution in [2.75, 3.05) is 5.01 Å². The number of carbonyl (C=O) groups excluding carboxylic acids is 2. The Bertz CT molecular complexity index is 936. The summed E-state index contributed by atoms with van der Waals surface area (Å²) in [6.45, 7) is 1.76. The summed E-state index contributed by atoms with van der Waals surface area (Å²) in [6, 6.07) is 27.3. The van der Waals surface area contributed by atoms with Crippen LogP contribution in [0.25, 0.3) is 0 Å². The van der Waals surface area contributed by atoms with Crippen LogP contribution >= 0.6 is 0 Å². The van der Waals surface area contributed by atoms with E-state index in [2.05, 4.69) is 5.43 Å². The topological polar surface area (TPSA) is 49.4 Å². The highest BCUT2D eigenvalue weighted by Crippen LogP contribution is 2.16. The Hall–Kier alpha value is -3.66. The molecule has 4 nitrogen and oxygen atoms in total. The van der Waals surface area contributed by atoms with Gasteiger partial charge in [-0.3, -0.25) is 15.0 Å². The molecule has 0 saturated carbocycles. The van der Waals surface area contributed by atoms with Gasteiger partial charge in [-0.25, -0.2) is 5.01 Å². The summed E-state index contributed by atoms with van der Waals surface area (Å²) in [5, 5.41) is 1.44. The smallest absolute Gasteiger partial charge is 0.276 e. The number of anilines is 1. The number of para-hydroxylation sites is 1. The molecule has 134 valence electrons. The van der Waals surface area contributed by atoms with Gasteiger partial charge < -0.3 is 0 Å². The van der Waals surface area contributed by atoms with Gasteiger partial charge in [0.2, 0.25) is 0 Å². The lowest BCUT2D eigenvalue weighted by atomic mass is 10.1. The van der Waals surface area contributed by atoms with Gasteiger partial charge in [0.15, 0.2) is 5.78 Å². The van der Waals surface area contributed by atoms with Gasteiger partial charge in [0, 0.05) is 22.9 Å². The van der Waals surface area contributed by atoms with Crippen molar-refractivity contribution in [3.63, 3.8) is 0 Å². The van der Waals surface area contributed by atoms with Crippen LogP contribution in [0.4, 0.5) is 5.69 Å². The van der Waals surface area contributed by atoms with Crippen molar-refractivity contribution in [2.45, 2.75) is 6.92 Å². The highest BCUT2D eigenvalue weighted by Gasteiger charge is 2.18. The number of hydrogen-bond donors (Lipinski definition) is 1. The molecule has 0 aromatic heterocycles. The number of carbonyl (C=O) groups is 2. The minimum atomic E-state index is -0.207. The first kappa shape index (κ1) is 18.1. The van der Waals surface area contributed by atoms with Crippen LogP contribution in [0, 0.1) is 0 Å². The summed E-state index contributed by atoms with van der Waals surface area (Å²) < 4.78 is 0. The molecule has 1 N–H and O–H groups in total. The van der Waals surface area contributed by atoms with Gasteiger partial charge in [0.25, 0.3) is 5.91 Å². The van der Waals surface area contributed by atoms with Crippen molar-refractivity contribution in [2.24, 2.45) is 0 Å². The standard InChI is InChI=1S/C23H20N2O2/c1-18(17-22(26)19-11-5-2-6-12-19)24-25(21-15-9-4-10-16-21)23(27)20-13-7-3-8-14-20/h2-17,24H,1H3/b18-17+.